The van der Waals surface area contributed by atoms with E-state index < -0.39 is 5.97 Å². The molecular weight excluding hydrogens is 252 g/mol. The summed E-state index contributed by atoms with van der Waals surface area (Å²) in [4.78, 5) is 13.4. The van der Waals surface area contributed by atoms with Crippen LogP contribution in [0, 0.1) is 0 Å². The van der Waals surface area contributed by atoms with Gasteiger partial charge in [0.1, 0.15) is 0 Å². The summed E-state index contributed by atoms with van der Waals surface area (Å²) < 4.78 is 0. The first-order valence-electron chi connectivity index (χ1n) is 7.47. The van der Waals surface area contributed by atoms with E-state index in [1.165, 1.54) is 24.8 Å². The number of hydrogen-bond acceptors (Lipinski definition) is 3. The molecule has 4 heteroatoms. The Kier molecular flexibility index (Phi) is 5.56. The number of benzene rings is 1. The summed E-state index contributed by atoms with van der Waals surface area (Å²) in [5.74, 6) is -0.862. The van der Waals surface area contributed by atoms with Gasteiger partial charge in [-0.3, -0.25) is 4.90 Å². The first kappa shape index (κ1) is 15.0. The molecule has 1 atom stereocenters. The number of likely N-dealkylation sites (tertiary alicyclic amines) is 1. The highest BCUT2D eigenvalue weighted by atomic mass is 16.4. The van der Waals surface area contributed by atoms with Crippen molar-refractivity contribution in [2.75, 3.05) is 19.6 Å². The number of piperidine rings is 1. The zero-order chi connectivity index (χ0) is 14.4. The quantitative estimate of drug-likeness (QED) is 0.837. The minimum absolute atomic E-state index is 0.358. The van der Waals surface area contributed by atoms with Gasteiger partial charge in [-0.1, -0.05) is 25.5 Å². The molecule has 1 fully saturated rings. The van der Waals surface area contributed by atoms with Gasteiger partial charge >= 0.3 is 5.97 Å². The van der Waals surface area contributed by atoms with E-state index in [2.05, 4.69) is 17.1 Å². The van der Waals surface area contributed by atoms with Crippen LogP contribution in [0.25, 0.3) is 0 Å². The summed E-state index contributed by atoms with van der Waals surface area (Å²) in [5.41, 5.74) is 1.55. The smallest absolute Gasteiger partial charge is 0.335 e. The van der Waals surface area contributed by atoms with Crippen LogP contribution in [0.1, 0.15) is 42.1 Å². The van der Waals surface area contributed by atoms with Crippen LogP contribution in [0.15, 0.2) is 24.3 Å². The number of likely N-dealkylation sites (N-methyl/N-ethyl adjacent to an activating group) is 1. The number of nitrogens with one attached hydrogen (secondary N) is 1. The van der Waals surface area contributed by atoms with Gasteiger partial charge in [-0.05, 0) is 43.6 Å². The van der Waals surface area contributed by atoms with Crippen molar-refractivity contribution in [3.05, 3.63) is 35.4 Å². The predicted octanol–water partition coefficient (Wildman–Crippen LogP) is 2.35. The first-order valence-corrected chi connectivity index (χ1v) is 7.47. The van der Waals surface area contributed by atoms with E-state index in [0.717, 1.165) is 26.2 Å². The Morgan fingerprint density at radius 1 is 1.35 bits per heavy atom. The summed E-state index contributed by atoms with van der Waals surface area (Å²) in [7, 11) is 0. The van der Waals surface area contributed by atoms with Crippen molar-refractivity contribution in [3.8, 4) is 0 Å². The molecule has 110 valence electrons. The van der Waals surface area contributed by atoms with Crippen LogP contribution in [-0.4, -0.2) is 41.7 Å². The number of hydrogen-bond donors (Lipinski definition) is 2. The Morgan fingerprint density at radius 3 is 2.75 bits per heavy atom. The molecule has 20 heavy (non-hydrogen) atoms. The van der Waals surface area contributed by atoms with E-state index >= 15 is 0 Å². The maximum absolute atomic E-state index is 10.9. The normalized spacial score (nSPS) is 19.9. The lowest BCUT2D eigenvalue weighted by Gasteiger charge is -2.36. The highest BCUT2D eigenvalue weighted by molar-refractivity contribution is 5.87. The third-order valence-corrected chi connectivity index (χ3v) is 3.97. The van der Waals surface area contributed by atoms with Crippen molar-refractivity contribution < 1.29 is 9.90 Å². The summed E-state index contributed by atoms with van der Waals surface area (Å²) in [6, 6.07) is 7.86. The highest BCUT2D eigenvalue weighted by Crippen LogP contribution is 2.19. The molecule has 1 aromatic rings. The molecule has 0 aliphatic carbocycles. The molecule has 2 rings (SSSR count). The lowest BCUT2D eigenvalue weighted by Crippen LogP contribution is -2.44. The Morgan fingerprint density at radius 2 is 2.10 bits per heavy atom. The number of carboxylic acid groups (broad SMARTS) is 1. The molecule has 0 bridgehead atoms. The van der Waals surface area contributed by atoms with Gasteiger partial charge in [0.05, 0.1) is 5.56 Å². The van der Waals surface area contributed by atoms with E-state index in [1.54, 1.807) is 12.1 Å². The lowest BCUT2D eigenvalue weighted by atomic mass is 10.0. The second kappa shape index (κ2) is 7.41. The van der Waals surface area contributed by atoms with Crippen LogP contribution in [0.3, 0.4) is 0 Å². The molecule has 1 unspecified atom stereocenters. The minimum Gasteiger partial charge on any atom is -0.478 e. The first-order chi connectivity index (χ1) is 9.70. The van der Waals surface area contributed by atoms with Crippen LogP contribution in [0.5, 0.6) is 0 Å². The van der Waals surface area contributed by atoms with Crippen LogP contribution < -0.4 is 5.32 Å². The average Bonchev–Trinajstić information content (AvgIpc) is 2.47. The van der Waals surface area contributed by atoms with Crippen molar-refractivity contribution in [1.82, 2.24) is 10.2 Å². The van der Waals surface area contributed by atoms with Crippen molar-refractivity contribution in [1.29, 1.82) is 0 Å². The molecule has 1 heterocycles. The van der Waals surface area contributed by atoms with E-state index in [0.29, 0.717) is 11.6 Å². The second-order valence-corrected chi connectivity index (χ2v) is 5.43. The Labute approximate surface area is 120 Å². The molecule has 1 aliphatic heterocycles. The van der Waals surface area contributed by atoms with Crippen LogP contribution in [-0.2, 0) is 6.54 Å². The SMILES string of the molecule is CCNCC1CCCCN1Cc1ccc(C(=O)O)cc1. The topological polar surface area (TPSA) is 52.6 Å². The maximum atomic E-state index is 10.9. The van der Waals surface area contributed by atoms with Gasteiger partial charge in [0, 0.05) is 19.1 Å². The predicted molar refractivity (Wildman–Crippen MR) is 80.0 cm³/mol. The zero-order valence-corrected chi connectivity index (χ0v) is 12.1. The standard InChI is InChI=1S/C16H24N2O2/c1-2-17-11-15-5-3-4-10-18(15)12-13-6-8-14(9-7-13)16(19)20/h6-9,15,17H,2-5,10-12H2,1H3,(H,19,20). The zero-order valence-electron chi connectivity index (χ0n) is 12.1. The van der Waals surface area contributed by atoms with Crippen molar-refractivity contribution >= 4 is 5.97 Å². The van der Waals surface area contributed by atoms with Crippen LogP contribution >= 0.6 is 0 Å². The maximum Gasteiger partial charge on any atom is 0.335 e. The number of carbonyl (C=O) groups is 1. The minimum atomic E-state index is -0.862. The molecule has 2 N–H and O–H groups in total. The fourth-order valence-electron chi connectivity index (χ4n) is 2.80. The van der Waals surface area contributed by atoms with E-state index in [1.807, 2.05) is 12.1 Å². The molecule has 1 saturated heterocycles. The Balaban J connectivity index is 1.97. The van der Waals surface area contributed by atoms with E-state index in [-0.39, 0.29) is 0 Å². The van der Waals surface area contributed by atoms with Crippen molar-refractivity contribution in [2.45, 2.75) is 38.8 Å². The third kappa shape index (κ3) is 4.05. The fourth-order valence-corrected chi connectivity index (χ4v) is 2.80. The Bertz CT molecular complexity index is 431. The summed E-state index contributed by atoms with van der Waals surface area (Å²) in [6.45, 7) is 6.24. The molecule has 1 aliphatic rings. The van der Waals surface area contributed by atoms with Crippen molar-refractivity contribution in [2.24, 2.45) is 0 Å². The van der Waals surface area contributed by atoms with E-state index in [9.17, 15) is 4.79 Å². The summed E-state index contributed by atoms with van der Waals surface area (Å²) in [6.07, 6.45) is 3.82. The number of rotatable bonds is 6. The van der Waals surface area contributed by atoms with Gasteiger partial charge in [0.2, 0.25) is 0 Å². The highest BCUT2D eigenvalue weighted by Gasteiger charge is 2.21. The largest absolute Gasteiger partial charge is 0.478 e. The molecule has 0 radical (unpaired) electrons. The molecule has 0 amide bonds. The van der Waals surface area contributed by atoms with Gasteiger partial charge in [0.25, 0.3) is 0 Å². The molecule has 0 saturated carbocycles. The van der Waals surface area contributed by atoms with Gasteiger partial charge in [-0.15, -0.1) is 0 Å². The summed E-state index contributed by atoms with van der Waals surface area (Å²) >= 11 is 0. The number of carboxylic acids is 1. The van der Waals surface area contributed by atoms with Gasteiger partial charge in [-0.25, -0.2) is 4.79 Å². The number of nitrogens with zero attached hydrogens (tertiary/aromatic N) is 1. The molecule has 1 aromatic carbocycles. The van der Waals surface area contributed by atoms with Crippen molar-refractivity contribution in [3.63, 3.8) is 0 Å². The second-order valence-electron chi connectivity index (χ2n) is 5.43. The van der Waals surface area contributed by atoms with Crippen LogP contribution in [0.2, 0.25) is 0 Å². The average molecular weight is 276 g/mol. The molecular formula is C16H24N2O2. The van der Waals surface area contributed by atoms with E-state index in [4.69, 9.17) is 5.11 Å². The van der Waals surface area contributed by atoms with Crippen LogP contribution in [0.4, 0.5) is 0 Å². The van der Waals surface area contributed by atoms with Gasteiger partial charge in [0.15, 0.2) is 0 Å². The molecule has 4 nitrogen and oxygen atoms in total. The monoisotopic (exact) mass is 276 g/mol. The van der Waals surface area contributed by atoms with Gasteiger partial charge in [-0.2, -0.15) is 0 Å². The third-order valence-electron chi connectivity index (χ3n) is 3.97. The molecule has 0 spiro atoms. The summed E-state index contributed by atoms with van der Waals surface area (Å²) in [5, 5.41) is 12.4. The fraction of sp³-hybridized carbons (Fsp3) is 0.562. The Hall–Kier alpha value is -1.39. The number of aromatic carboxylic acids is 1. The van der Waals surface area contributed by atoms with Gasteiger partial charge < -0.3 is 10.4 Å². The lowest BCUT2D eigenvalue weighted by molar-refractivity contribution is 0.0697. The molecule has 0 aromatic heterocycles.